The second-order valence-electron chi connectivity index (χ2n) is 9.03. The standard InChI is InChI=1S/C25H28IN3O6S/c1-14-6-8-16(9-7-14)22-21(23(30)27-2)18-12-19(26)20(28-24(18)35-22)13-29(36(33)34)11-10-15-4-3-5-17(15)25(31)32/h6-9,12,15,17H,3-5,10-11,13H2,1-2H3,(H,27,30)(H,31,32)(H,33,34)/p-1. The molecule has 1 amide bonds. The minimum absolute atomic E-state index is 0.0185. The number of carboxylic acid groups (broad SMARTS) is 1. The predicted octanol–water partition coefficient (Wildman–Crippen LogP) is 4.25. The van der Waals surface area contributed by atoms with E-state index >= 15 is 0 Å². The summed E-state index contributed by atoms with van der Waals surface area (Å²) < 4.78 is 32.0. The Morgan fingerprint density at radius 2 is 2.03 bits per heavy atom. The number of nitrogens with zero attached hydrogens (tertiary/aromatic N) is 2. The van der Waals surface area contributed by atoms with Gasteiger partial charge in [-0.1, -0.05) is 36.2 Å². The summed E-state index contributed by atoms with van der Waals surface area (Å²) in [7, 11) is 1.55. The molecule has 0 bridgehead atoms. The maximum atomic E-state index is 12.8. The molecule has 2 heterocycles. The summed E-state index contributed by atoms with van der Waals surface area (Å²) in [6.45, 7) is 2.19. The van der Waals surface area contributed by atoms with Crippen molar-refractivity contribution in [3.05, 3.63) is 50.7 Å². The lowest BCUT2D eigenvalue weighted by molar-refractivity contribution is -0.143. The van der Waals surface area contributed by atoms with E-state index in [-0.39, 0.29) is 30.6 Å². The molecule has 1 aliphatic rings. The van der Waals surface area contributed by atoms with E-state index in [1.165, 1.54) is 4.31 Å². The van der Waals surface area contributed by atoms with E-state index in [9.17, 15) is 23.5 Å². The van der Waals surface area contributed by atoms with Gasteiger partial charge in [0.05, 0.1) is 29.1 Å². The molecule has 2 aromatic heterocycles. The van der Waals surface area contributed by atoms with Crippen molar-refractivity contribution < 1.29 is 27.9 Å². The van der Waals surface area contributed by atoms with E-state index in [2.05, 4.69) is 32.9 Å². The zero-order chi connectivity index (χ0) is 26.0. The molecule has 192 valence electrons. The number of fused-ring (bicyclic) bond motifs is 1. The highest BCUT2D eigenvalue weighted by Crippen LogP contribution is 2.36. The Hall–Kier alpha value is -2.35. The highest BCUT2D eigenvalue weighted by molar-refractivity contribution is 14.1. The lowest BCUT2D eigenvalue weighted by atomic mass is 9.93. The van der Waals surface area contributed by atoms with Crippen molar-refractivity contribution in [1.82, 2.24) is 14.6 Å². The Labute approximate surface area is 225 Å². The number of furan rings is 1. The van der Waals surface area contributed by atoms with Crippen LogP contribution in [0.25, 0.3) is 22.4 Å². The van der Waals surface area contributed by atoms with Crippen LogP contribution in [0.5, 0.6) is 0 Å². The number of nitrogens with one attached hydrogen (secondary N) is 1. The quantitative estimate of drug-likeness (QED) is 0.268. The van der Waals surface area contributed by atoms with E-state index < -0.39 is 23.2 Å². The van der Waals surface area contributed by atoms with E-state index in [4.69, 9.17) is 4.42 Å². The third-order valence-corrected chi connectivity index (χ3v) is 8.41. The first kappa shape index (κ1) is 26.7. The summed E-state index contributed by atoms with van der Waals surface area (Å²) in [6.07, 6.45) is 2.73. The number of carbonyl (C=O) groups is 2. The molecule has 0 aliphatic heterocycles. The van der Waals surface area contributed by atoms with Gasteiger partial charge in [-0.25, -0.2) is 9.29 Å². The molecule has 1 aliphatic carbocycles. The first-order chi connectivity index (χ1) is 17.2. The summed E-state index contributed by atoms with van der Waals surface area (Å²) in [5.41, 5.74) is 2.93. The highest BCUT2D eigenvalue weighted by atomic mass is 127. The molecule has 3 unspecified atom stereocenters. The number of halogens is 1. The minimum atomic E-state index is -2.51. The lowest BCUT2D eigenvalue weighted by Crippen LogP contribution is -2.30. The minimum Gasteiger partial charge on any atom is -0.760 e. The summed E-state index contributed by atoms with van der Waals surface area (Å²) in [6, 6.07) is 9.40. The molecule has 36 heavy (non-hydrogen) atoms. The van der Waals surface area contributed by atoms with Crippen LogP contribution in [0.15, 0.2) is 34.7 Å². The van der Waals surface area contributed by atoms with Gasteiger partial charge in [-0.3, -0.25) is 13.8 Å². The van der Waals surface area contributed by atoms with Gasteiger partial charge in [0.1, 0.15) is 5.76 Å². The van der Waals surface area contributed by atoms with Crippen LogP contribution in [0.3, 0.4) is 0 Å². The van der Waals surface area contributed by atoms with E-state index in [0.29, 0.717) is 38.8 Å². The molecule has 0 spiro atoms. The Morgan fingerprint density at radius 1 is 1.31 bits per heavy atom. The number of hydrogen-bond acceptors (Lipinski definition) is 6. The molecule has 3 atom stereocenters. The van der Waals surface area contributed by atoms with Crippen molar-refractivity contribution in [2.45, 2.75) is 39.2 Å². The van der Waals surface area contributed by atoms with Gasteiger partial charge in [0.25, 0.3) is 5.91 Å². The first-order valence-electron chi connectivity index (χ1n) is 11.7. The summed E-state index contributed by atoms with van der Waals surface area (Å²) in [5, 5.41) is 12.6. The summed E-state index contributed by atoms with van der Waals surface area (Å²) >= 11 is -0.427. The number of amides is 1. The highest BCUT2D eigenvalue weighted by Gasteiger charge is 2.33. The lowest BCUT2D eigenvalue weighted by Gasteiger charge is -2.26. The van der Waals surface area contributed by atoms with Gasteiger partial charge in [-0.05, 0) is 60.8 Å². The molecule has 2 N–H and O–H groups in total. The number of carbonyl (C=O) groups excluding carboxylic acids is 1. The first-order valence-corrected chi connectivity index (χ1v) is 13.8. The van der Waals surface area contributed by atoms with Gasteiger partial charge in [0.15, 0.2) is 0 Å². The second-order valence-corrected chi connectivity index (χ2v) is 11.1. The average Bonchev–Trinajstić information content (AvgIpc) is 3.46. The van der Waals surface area contributed by atoms with Crippen LogP contribution in [0.1, 0.15) is 47.3 Å². The second kappa shape index (κ2) is 11.4. The van der Waals surface area contributed by atoms with Crippen LogP contribution in [-0.2, 0) is 22.6 Å². The van der Waals surface area contributed by atoms with Crippen molar-refractivity contribution in [1.29, 1.82) is 0 Å². The van der Waals surface area contributed by atoms with Crippen LogP contribution in [-0.4, -0.2) is 48.6 Å². The van der Waals surface area contributed by atoms with Crippen LogP contribution < -0.4 is 5.32 Å². The average molecular weight is 624 g/mol. The van der Waals surface area contributed by atoms with Crippen LogP contribution in [0.4, 0.5) is 0 Å². The molecular formula is C25H27IN3O6S-. The third kappa shape index (κ3) is 5.63. The third-order valence-electron chi connectivity index (χ3n) is 6.74. The van der Waals surface area contributed by atoms with Crippen molar-refractivity contribution in [3.8, 4) is 11.3 Å². The van der Waals surface area contributed by atoms with Gasteiger partial charge in [0, 0.05) is 34.0 Å². The maximum Gasteiger partial charge on any atom is 0.306 e. The Balaban J connectivity index is 1.64. The van der Waals surface area contributed by atoms with Crippen LogP contribution in [0.2, 0.25) is 0 Å². The molecule has 9 nitrogen and oxygen atoms in total. The number of carboxylic acids is 1. The number of aryl methyl sites for hydroxylation is 1. The molecule has 4 rings (SSSR count). The van der Waals surface area contributed by atoms with Gasteiger partial charge >= 0.3 is 5.97 Å². The zero-order valence-corrected chi connectivity index (χ0v) is 22.9. The molecule has 3 aromatic rings. The Bertz CT molecular complexity index is 1310. The van der Waals surface area contributed by atoms with Crippen LogP contribution in [0, 0.1) is 22.3 Å². The topological polar surface area (TPSA) is 136 Å². The molecule has 11 heteroatoms. The van der Waals surface area contributed by atoms with Gasteiger partial charge in [0.2, 0.25) is 5.71 Å². The van der Waals surface area contributed by atoms with Gasteiger partial charge in [-0.2, -0.15) is 0 Å². The Kier molecular flexibility index (Phi) is 8.43. The normalized spacial score (nSPS) is 18.6. The van der Waals surface area contributed by atoms with Crippen molar-refractivity contribution >= 4 is 56.8 Å². The van der Waals surface area contributed by atoms with E-state index in [0.717, 1.165) is 24.0 Å². The summed E-state index contributed by atoms with van der Waals surface area (Å²) in [5.74, 6) is -1.19. The molecule has 1 fully saturated rings. The number of rotatable bonds is 9. The van der Waals surface area contributed by atoms with E-state index in [1.807, 2.05) is 31.2 Å². The summed E-state index contributed by atoms with van der Waals surface area (Å²) in [4.78, 5) is 28.8. The van der Waals surface area contributed by atoms with Gasteiger partial charge < -0.3 is 19.4 Å². The SMILES string of the molecule is CNC(=O)c1c(-c2ccc(C)cc2)oc2nc(CN(CCC3CCCC3C(=O)O)S(=O)[O-])c(I)cc12. The number of aliphatic carboxylic acids is 1. The predicted molar refractivity (Wildman–Crippen MR) is 143 cm³/mol. The molecule has 0 radical (unpaired) electrons. The fraction of sp³-hybridized carbons (Fsp3) is 0.400. The van der Waals surface area contributed by atoms with Crippen molar-refractivity contribution in [2.75, 3.05) is 13.6 Å². The molecular weight excluding hydrogens is 597 g/mol. The maximum absolute atomic E-state index is 12.8. The fourth-order valence-electron chi connectivity index (χ4n) is 4.80. The van der Waals surface area contributed by atoms with E-state index in [1.54, 1.807) is 13.1 Å². The van der Waals surface area contributed by atoms with Crippen LogP contribution >= 0.6 is 22.6 Å². The van der Waals surface area contributed by atoms with Crippen molar-refractivity contribution in [3.63, 3.8) is 0 Å². The largest absolute Gasteiger partial charge is 0.760 e. The van der Waals surface area contributed by atoms with Crippen molar-refractivity contribution in [2.24, 2.45) is 11.8 Å². The fourth-order valence-corrected chi connectivity index (χ4v) is 5.88. The number of benzene rings is 1. The zero-order valence-electron chi connectivity index (χ0n) is 20.0. The number of pyridine rings is 1. The molecule has 0 saturated heterocycles. The van der Waals surface area contributed by atoms with Gasteiger partial charge in [-0.15, -0.1) is 0 Å². The smallest absolute Gasteiger partial charge is 0.306 e. The number of hydrogen-bond donors (Lipinski definition) is 2. The number of aromatic nitrogens is 1. The molecule has 1 saturated carbocycles. The Morgan fingerprint density at radius 3 is 2.67 bits per heavy atom. The molecule has 1 aromatic carbocycles. The monoisotopic (exact) mass is 624 g/mol.